The number of nitrogens with one attached hydrogen (secondary N) is 1. The van der Waals surface area contributed by atoms with Crippen molar-refractivity contribution >= 4 is 15.7 Å². The normalized spacial score (nSPS) is 11.1. The predicted molar refractivity (Wildman–Crippen MR) is 88.4 cm³/mol. The molecule has 0 unspecified atom stereocenters. The molecule has 2 aromatic carbocycles. The summed E-state index contributed by atoms with van der Waals surface area (Å²) in [5.41, 5.74) is 0.467. The molecule has 0 spiro atoms. The van der Waals surface area contributed by atoms with Crippen LogP contribution in [0.25, 0.3) is 0 Å². The first kappa shape index (κ1) is 17.9. The van der Waals surface area contributed by atoms with E-state index < -0.39 is 15.7 Å². The summed E-state index contributed by atoms with van der Waals surface area (Å²) in [6.07, 6.45) is 0.282. The highest BCUT2D eigenvalue weighted by atomic mass is 32.2. The number of benzene rings is 2. The van der Waals surface area contributed by atoms with Crippen LogP contribution >= 0.6 is 0 Å². The largest absolute Gasteiger partial charge is 0.494 e. The molecule has 7 heteroatoms. The molecule has 0 saturated heterocycles. The van der Waals surface area contributed by atoms with Gasteiger partial charge in [0, 0.05) is 12.6 Å². The second-order valence-corrected chi connectivity index (χ2v) is 7.19. The predicted octanol–water partition coefficient (Wildman–Crippen LogP) is 2.43. The SMILES string of the molecule is CNC(=O)c1cccc(OCCCS(=O)(=O)c2ccc(F)cc2)c1. The minimum Gasteiger partial charge on any atom is -0.494 e. The first-order valence-corrected chi connectivity index (χ1v) is 9.01. The highest BCUT2D eigenvalue weighted by Crippen LogP contribution is 2.15. The molecule has 1 N–H and O–H groups in total. The molecule has 2 aromatic rings. The summed E-state index contributed by atoms with van der Waals surface area (Å²) in [6, 6.07) is 11.4. The number of halogens is 1. The Hall–Kier alpha value is -2.41. The lowest BCUT2D eigenvalue weighted by Gasteiger charge is -2.08. The van der Waals surface area contributed by atoms with E-state index in [1.807, 2.05) is 0 Å². The van der Waals surface area contributed by atoms with Gasteiger partial charge in [0.05, 0.1) is 17.3 Å². The molecule has 0 radical (unpaired) electrons. The highest BCUT2D eigenvalue weighted by Gasteiger charge is 2.14. The lowest BCUT2D eigenvalue weighted by atomic mass is 10.2. The molecule has 24 heavy (non-hydrogen) atoms. The molecule has 128 valence electrons. The van der Waals surface area contributed by atoms with E-state index in [0.29, 0.717) is 11.3 Å². The van der Waals surface area contributed by atoms with Gasteiger partial charge in [0.1, 0.15) is 11.6 Å². The van der Waals surface area contributed by atoms with Gasteiger partial charge in [-0.25, -0.2) is 12.8 Å². The van der Waals surface area contributed by atoms with Gasteiger partial charge >= 0.3 is 0 Å². The van der Waals surface area contributed by atoms with Crippen LogP contribution < -0.4 is 10.1 Å². The van der Waals surface area contributed by atoms with Crippen LogP contribution in [0.4, 0.5) is 4.39 Å². The number of carbonyl (C=O) groups is 1. The van der Waals surface area contributed by atoms with Gasteiger partial charge in [-0.2, -0.15) is 0 Å². The van der Waals surface area contributed by atoms with E-state index in [9.17, 15) is 17.6 Å². The van der Waals surface area contributed by atoms with E-state index in [0.717, 1.165) is 12.1 Å². The van der Waals surface area contributed by atoms with Crippen molar-refractivity contribution in [1.82, 2.24) is 5.32 Å². The fourth-order valence-electron chi connectivity index (χ4n) is 2.07. The van der Waals surface area contributed by atoms with Crippen molar-refractivity contribution < 1.29 is 22.3 Å². The fourth-order valence-corrected chi connectivity index (χ4v) is 3.35. The van der Waals surface area contributed by atoms with Crippen molar-refractivity contribution in [2.24, 2.45) is 0 Å². The molecular weight excluding hydrogens is 333 g/mol. The molecular formula is C17H18FNO4S. The van der Waals surface area contributed by atoms with Crippen LogP contribution in [-0.2, 0) is 9.84 Å². The minimum atomic E-state index is -3.47. The minimum absolute atomic E-state index is 0.0884. The fraction of sp³-hybridized carbons (Fsp3) is 0.235. The van der Waals surface area contributed by atoms with Gasteiger partial charge in [-0.15, -0.1) is 0 Å². The maximum Gasteiger partial charge on any atom is 0.251 e. The quantitative estimate of drug-likeness (QED) is 0.614. The summed E-state index contributed by atoms with van der Waals surface area (Å²) < 4.78 is 42.5. The van der Waals surface area contributed by atoms with Crippen LogP contribution in [0.2, 0.25) is 0 Å². The lowest BCUT2D eigenvalue weighted by Crippen LogP contribution is -2.17. The molecule has 0 heterocycles. The van der Waals surface area contributed by atoms with Crippen LogP contribution in [0.15, 0.2) is 53.4 Å². The van der Waals surface area contributed by atoms with Crippen LogP contribution in [-0.4, -0.2) is 33.7 Å². The van der Waals surface area contributed by atoms with Gasteiger partial charge in [0.15, 0.2) is 9.84 Å². The Balaban J connectivity index is 1.88. The van der Waals surface area contributed by atoms with Crippen molar-refractivity contribution in [2.45, 2.75) is 11.3 Å². The Morgan fingerprint density at radius 1 is 1.17 bits per heavy atom. The van der Waals surface area contributed by atoms with Crippen molar-refractivity contribution in [2.75, 3.05) is 19.4 Å². The Labute approximate surface area is 140 Å². The van der Waals surface area contributed by atoms with Gasteiger partial charge in [0.2, 0.25) is 0 Å². The average molecular weight is 351 g/mol. The molecule has 0 aliphatic carbocycles. The third-order valence-corrected chi connectivity index (χ3v) is 5.14. The van der Waals surface area contributed by atoms with E-state index >= 15 is 0 Å². The van der Waals surface area contributed by atoms with Gasteiger partial charge in [-0.3, -0.25) is 4.79 Å². The van der Waals surface area contributed by atoms with Crippen LogP contribution in [0, 0.1) is 5.82 Å². The number of sulfone groups is 1. The second-order valence-electron chi connectivity index (χ2n) is 5.08. The third kappa shape index (κ3) is 4.79. The number of hydrogen-bond acceptors (Lipinski definition) is 4. The van der Waals surface area contributed by atoms with Gasteiger partial charge < -0.3 is 10.1 Å². The molecule has 1 amide bonds. The summed E-state index contributed by atoms with van der Waals surface area (Å²) in [4.78, 5) is 11.6. The standard InChI is InChI=1S/C17H18FNO4S/c1-19-17(20)13-4-2-5-15(12-13)23-10-3-11-24(21,22)16-8-6-14(18)7-9-16/h2,4-9,12H,3,10-11H2,1H3,(H,19,20). The number of hydrogen-bond donors (Lipinski definition) is 1. The number of rotatable bonds is 7. The number of amides is 1. The van der Waals surface area contributed by atoms with E-state index in [1.54, 1.807) is 24.3 Å². The Morgan fingerprint density at radius 3 is 2.54 bits per heavy atom. The molecule has 2 rings (SSSR count). The maximum atomic E-state index is 12.8. The first-order chi connectivity index (χ1) is 11.4. The van der Waals surface area contributed by atoms with Crippen molar-refractivity contribution in [3.63, 3.8) is 0 Å². The molecule has 0 fully saturated rings. The summed E-state index contributed by atoms with van der Waals surface area (Å²) in [6.45, 7) is 0.192. The van der Waals surface area contributed by atoms with E-state index in [-0.39, 0.29) is 29.6 Å². The zero-order valence-corrected chi connectivity index (χ0v) is 14.0. The van der Waals surface area contributed by atoms with E-state index in [1.165, 1.54) is 19.2 Å². The van der Waals surface area contributed by atoms with Crippen LogP contribution in [0.3, 0.4) is 0 Å². The van der Waals surface area contributed by atoms with Gasteiger partial charge in [-0.1, -0.05) is 6.07 Å². The molecule has 0 aliphatic rings. The van der Waals surface area contributed by atoms with Crippen LogP contribution in [0.1, 0.15) is 16.8 Å². The molecule has 0 saturated carbocycles. The molecule has 0 bridgehead atoms. The lowest BCUT2D eigenvalue weighted by molar-refractivity contribution is 0.0962. The number of carbonyl (C=O) groups excluding carboxylic acids is 1. The summed E-state index contributed by atoms with van der Waals surface area (Å²) in [5.74, 6) is -0.309. The molecule has 5 nitrogen and oxygen atoms in total. The van der Waals surface area contributed by atoms with Crippen LogP contribution in [0.5, 0.6) is 5.75 Å². The molecule has 0 aliphatic heterocycles. The molecule has 0 aromatic heterocycles. The summed E-state index contributed by atoms with van der Waals surface area (Å²) in [7, 11) is -1.93. The summed E-state index contributed by atoms with van der Waals surface area (Å²) >= 11 is 0. The van der Waals surface area contributed by atoms with Crippen molar-refractivity contribution in [3.05, 3.63) is 59.9 Å². The zero-order chi connectivity index (χ0) is 17.6. The summed E-state index contributed by atoms with van der Waals surface area (Å²) in [5, 5.41) is 2.52. The first-order valence-electron chi connectivity index (χ1n) is 7.35. The number of ether oxygens (including phenoxy) is 1. The molecule has 0 atom stereocenters. The Morgan fingerprint density at radius 2 is 1.88 bits per heavy atom. The Kier molecular flexibility index (Phi) is 5.92. The zero-order valence-electron chi connectivity index (χ0n) is 13.2. The smallest absolute Gasteiger partial charge is 0.251 e. The topological polar surface area (TPSA) is 72.5 Å². The monoisotopic (exact) mass is 351 g/mol. The van der Waals surface area contributed by atoms with Gasteiger partial charge in [-0.05, 0) is 48.9 Å². The van der Waals surface area contributed by atoms with Crippen molar-refractivity contribution in [3.8, 4) is 5.75 Å². The Bertz CT molecular complexity index is 804. The maximum absolute atomic E-state index is 12.8. The van der Waals surface area contributed by atoms with E-state index in [4.69, 9.17) is 4.74 Å². The third-order valence-electron chi connectivity index (χ3n) is 3.32. The average Bonchev–Trinajstić information content (AvgIpc) is 2.58. The highest BCUT2D eigenvalue weighted by molar-refractivity contribution is 7.91. The van der Waals surface area contributed by atoms with Crippen molar-refractivity contribution in [1.29, 1.82) is 0 Å². The van der Waals surface area contributed by atoms with Gasteiger partial charge in [0.25, 0.3) is 5.91 Å². The van der Waals surface area contributed by atoms with E-state index in [2.05, 4.69) is 5.32 Å². The second kappa shape index (κ2) is 7.92.